The maximum absolute atomic E-state index is 12.3. The highest BCUT2D eigenvalue weighted by molar-refractivity contribution is 5.91. The fraction of sp³-hybridized carbons (Fsp3) is 0.588. The largest absolute Gasteiger partial charge is 0.487 e. The molecular weight excluding hydrogens is 328 g/mol. The van der Waals surface area contributed by atoms with Gasteiger partial charge in [0.25, 0.3) is 0 Å². The molecule has 1 aromatic heterocycles. The maximum Gasteiger partial charge on any atom is 0.426 e. The molecule has 0 fully saturated rings. The number of pyridine rings is 1. The number of unbranched alkanes of at least 4 members (excludes halogenated alkanes) is 1. The smallest absolute Gasteiger partial charge is 0.426 e. The van der Waals surface area contributed by atoms with Crippen LogP contribution in [0, 0.1) is 0 Å². The second-order valence-corrected chi connectivity index (χ2v) is 6.26. The molecule has 0 bridgehead atoms. The van der Waals surface area contributed by atoms with E-state index in [1.807, 2.05) is 6.92 Å². The van der Waals surface area contributed by atoms with Gasteiger partial charge < -0.3 is 14.2 Å². The zero-order chi connectivity index (χ0) is 19.0. The van der Waals surface area contributed by atoms with Crippen LogP contribution in [0.1, 0.15) is 57.9 Å². The number of hydrogen-bond donors (Lipinski definition) is 1. The van der Waals surface area contributed by atoms with Crippen LogP contribution in [-0.2, 0) is 9.47 Å². The van der Waals surface area contributed by atoms with Gasteiger partial charge in [0.05, 0.1) is 13.2 Å². The van der Waals surface area contributed by atoms with Crippen molar-refractivity contribution in [2.75, 3.05) is 18.6 Å². The summed E-state index contributed by atoms with van der Waals surface area (Å²) in [5, 5.41) is 0. The molecule has 1 N–H and O–H groups in total. The number of hydrogen-bond acceptors (Lipinski definition) is 6. The van der Waals surface area contributed by atoms with Crippen molar-refractivity contribution in [1.82, 2.24) is 4.68 Å². The molecule has 1 rings (SSSR count). The second-order valence-electron chi connectivity index (χ2n) is 6.26. The summed E-state index contributed by atoms with van der Waals surface area (Å²) in [6.07, 6.45) is 2.06. The van der Waals surface area contributed by atoms with Crippen LogP contribution in [0.4, 0.5) is 4.79 Å². The van der Waals surface area contributed by atoms with Gasteiger partial charge >= 0.3 is 12.1 Å². The van der Waals surface area contributed by atoms with E-state index in [9.17, 15) is 14.4 Å². The molecule has 1 heterocycles. The van der Waals surface area contributed by atoms with Crippen LogP contribution in [0.15, 0.2) is 17.1 Å². The molecule has 0 saturated carbocycles. The van der Waals surface area contributed by atoms with Gasteiger partial charge in [0, 0.05) is 12.3 Å². The number of nitrogens with one attached hydrogen (secondary N) is 1. The predicted octanol–water partition coefficient (Wildman–Crippen LogP) is 2.68. The molecular formula is C17H26N2O6. The SMILES string of the molecule is CCCCOc1c(C(=O)OCC)n(NC(=O)OC(C)(C)C)ccc1=O. The minimum absolute atomic E-state index is 0.114. The number of carbonyl (C=O) groups is 2. The number of carbonyl (C=O) groups excluding carboxylic acids is 2. The summed E-state index contributed by atoms with van der Waals surface area (Å²) in [7, 11) is 0. The number of amides is 1. The average molecular weight is 354 g/mol. The summed E-state index contributed by atoms with van der Waals surface area (Å²) >= 11 is 0. The van der Waals surface area contributed by atoms with E-state index < -0.39 is 23.1 Å². The van der Waals surface area contributed by atoms with Gasteiger partial charge in [0.1, 0.15) is 5.60 Å². The summed E-state index contributed by atoms with van der Waals surface area (Å²) in [5.41, 5.74) is 1.03. The Morgan fingerprint density at radius 2 is 1.92 bits per heavy atom. The Morgan fingerprint density at radius 3 is 2.48 bits per heavy atom. The standard InChI is InChI=1S/C17H26N2O6/c1-6-8-11-24-14-12(20)9-10-19(13(14)15(21)23-7-2)18-16(22)25-17(3,4)5/h9-10H,6-8,11H2,1-5H3,(H,18,22). The maximum atomic E-state index is 12.3. The highest BCUT2D eigenvalue weighted by Crippen LogP contribution is 2.15. The van der Waals surface area contributed by atoms with Crippen molar-refractivity contribution in [2.45, 2.75) is 53.1 Å². The topological polar surface area (TPSA) is 95.9 Å². The van der Waals surface area contributed by atoms with Gasteiger partial charge in [-0.2, -0.15) is 0 Å². The lowest BCUT2D eigenvalue weighted by atomic mass is 10.2. The van der Waals surface area contributed by atoms with Gasteiger partial charge in [0.15, 0.2) is 11.4 Å². The third-order valence-corrected chi connectivity index (χ3v) is 2.88. The normalized spacial score (nSPS) is 10.9. The monoisotopic (exact) mass is 354 g/mol. The first-order valence-corrected chi connectivity index (χ1v) is 8.25. The highest BCUT2D eigenvalue weighted by atomic mass is 16.6. The lowest BCUT2D eigenvalue weighted by Crippen LogP contribution is -2.35. The zero-order valence-electron chi connectivity index (χ0n) is 15.4. The average Bonchev–Trinajstić information content (AvgIpc) is 2.48. The first-order chi connectivity index (χ1) is 11.7. The molecule has 0 aliphatic heterocycles. The lowest BCUT2D eigenvalue weighted by Gasteiger charge is -2.22. The first-order valence-electron chi connectivity index (χ1n) is 8.25. The van der Waals surface area contributed by atoms with E-state index in [1.165, 1.54) is 12.3 Å². The van der Waals surface area contributed by atoms with E-state index in [0.717, 1.165) is 17.5 Å². The highest BCUT2D eigenvalue weighted by Gasteiger charge is 2.24. The van der Waals surface area contributed by atoms with E-state index in [0.29, 0.717) is 0 Å². The molecule has 0 aliphatic carbocycles. The van der Waals surface area contributed by atoms with Crippen molar-refractivity contribution in [2.24, 2.45) is 0 Å². The Morgan fingerprint density at radius 1 is 1.24 bits per heavy atom. The minimum Gasteiger partial charge on any atom is -0.487 e. The van der Waals surface area contributed by atoms with E-state index in [-0.39, 0.29) is 24.7 Å². The third-order valence-electron chi connectivity index (χ3n) is 2.88. The summed E-state index contributed by atoms with van der Waals surface area (Å²) in [6, 6.07) is 1.20. The van der Waals surface area contributed by atoms with Crippen LogP contribution >= 0.6 is 0 Å². The van der Waals surface area contributed by atoms with Gasteiger partial charge in [-0.25, -0.2) is 19.7 Å². The van der Waals surface area contributed by atoms with E-state index in [2.05, 4.69) is 5.43 Å². The summed E-state index contributed by atoms with van der Waals surface area (Å²) in [6.45, 7) is 9.14. The molecule has 0 spiro atoms. The predicted molar refractivity (Wildman–Crippen MR) is 92.7 cm³/mol. The first kappa shape index (κ1) is 20.5. The number of nitrogens with zero attached hydrogens (tertiary/aromatic N) is 1. The van der Waals surface area contributed by atoms with Crippen LogP contribution in [0.2, 0.25) is 0 Å². The van der Waals surface area contributed by atoms with Gasteiger partial charge in [-0.3, -0.25) is 4.79 Å². The van der Waals surface area contributed by atoms with Crippen LogP contribution in [0.5, 0.6) is 5.75 Å². The molecule has 25 heavy (non-hydrogen) atoms. The van der Waals surface area contributed by atoms with Crippen LogP contribution in [-0.4, -0.2) is 35.6 Å². The van der Waals surface area contributed by atoms with Crippen molar-refractivity contribution in [3.8, 4) is 5.75 Å². The second kappa shape index (κ2) is 9.10. The van der Waals surface area contributed by atoms with Crippen molar-refractivity contribution >= 4 is 12.1 Å². The van der Waals surface area contributed by atoms with E-state index in [1.54, 1.807) is 27.7 Å². The number of rotatable bonds is 7. The molecule has 140 valence electrons. The summed E-state index contributed by atoms with van der Waals surface area (Å²) in [4.78, 5) is 36.4. The number of aromatic nitrogens is 1. The van der Waals surface area contributed by atoms with Crippen LogP contribution in [0.25, 0.3) is 0 Å². The Hall–Kier alpha value is -2.51. The zero-order valence-corrected chi connectivity index (χ0v) is 15.4. The fourth-order valence-corrected chi connectivity index (χ4v) is 1.86. The Bertz CT molecular complexity index is 660. The van der Waals surface area contributed by atoms with Gasteiger partial charge in [-0.1, -0.05) is 13.3 Å². The van der Waals surface area contributed by atoms with Crippen molar-refractivity contribution in [3.63, 3.8) is 0 Å². The number of ether oxygens (including phenoxy) is 3. The van der Waals surface area contributed by atoms with Crippen molar-refractivity contribution < 1.29 is 23.8 Å². The molecule has 8 heteroatoms. The molecule has 0 saturated heterocycles. The molecule has 0 aromatic carbocycles. The van der Waals surface area contributed by atoms with Crippen molar-refractivity contribution in [3.05, 3.63) is 28.2 Å². The van der Waals surface area contributed by atoms with Gasteiger partial charge in [-0.15, -0.1) is 0 Å². The molecule has 1 aromatic rings. The minimum atomic E-state index is -0.777. The van der Waals surface area contributed by atoms with Gasteiger partial charge in [-0.05, 0) is 34.1 Å². The van der Waals surface area contributed by atoms with E-state index in [4.69, 9.17) is 14.2 Å². The Kier molecular flexibility index (Phi) is 7.47. The lowest BCUT2D eigenvalue weighted by molar-refractivity contribution is 0.0505. The van der Waals surface area contributed by atoms with Crippen LogP contribution < -0.4 is 15.6 Å². The molecule has 0 aliphatic rings. The summed E-state index contributed by atoms with van der Waals surface area (Å²) in [5.74, 6) is -0.937. The molecule has 1 amide bonds. The summed E-state index contributed by atoms with van der Waals surface area (Å²) < 4.78 is 16.7. The Labute approximate surface area is 147 Å². The number of esters is 1. The van der Waals surface area contributed by atoms with E-state index >= 15 is 0 Å². The molecule has 0 unspecified atom stereocenters. The third kappa shape index (κ3) is 6.48. The van der Waals surface area contributed by atoms with Crippen molar-refractivity contribution in [1.29, 1.82) is 0 Å². The van der Waals surface area contributed by atoms with Crippen LogP contribution in [0.3, 0.4) is 0 Å². The fourth-order valence-electron chi connectivity index (χ4n) is 1.86. The molecule has 8 nitrogen and oxygen atoms in total. The quantitative estimate of drug-likeness (QED) is 0.597. The Balaban J connectivity index is 3.22. The molecule has 0 atom stereocenters. The van der Waals surface area contributed by atoms with Gasteiger partial charge in [0.2, 0.25) is 5.43 Å². The molecule has 0 radical (unpaired) electrons.